The minimum atomic E-state index is -4.18. The number of hydrogen-bond acceptors (Lipinski definition) is 2. The molecule has 21 heavy (non-hydrogen) atoms. The number of amides is 2. The normalized spacial score (nSPS) is 12.8. The molecule has 0 spiro atoms. The van der Waals surface area contributed by atoms with E-state index in [1.54, 1.807) is 12.1 Å². The van der Waals surface area contributed by atoms with Crippen LogP contribution in [-0.4, -0.2) is 25.8 Å². The van der Waals surface area contributed by atoms with Gasteiger partial charge in [-0.05, 0) is 38.1 Å². The van der Waals surface area contributed by atoms with E-state index in [1.807, 2.05) is 26.1 Å². The molecule has 1 aromatic carbocycles. The van der Waals surface area contributed by atoms with Crippen LogP contribution in [0.4, 0.5) is 23.7 Å². The Labute approximate surface area is 122 Å². The Kier molecular flexibility index (Phi) is 6.48. The maximum Gasteiger partial charge on any atom is 0.389 e. The predicted octanol–water partition coefficient (Wildman–Crippen LogP) is 3.43. The molecule has 0 saturated carbocycles. The summed E-state index contributed by atoms with van der Waals surface area (Å²) in [6.07, 6.45) is -5.21. The highest BCUT2D eigenvalue weighted by Crippen LogP contribution is 2.20. The summed E-state index contributed by atoms with van der Waals surface area (Å²) in [7, 11) is 1.85. The Morgan fingerprint density at radius 3 is 2.38 bits per heavy atom. The molecule has 1 rings (SSSR count). The fourth-order valence-electron chi connectivity index (χ4n) is 1.69. The van der Waals surface area contributed by atoms with E-state index in [-0.39, 0.29) is 19.0 Å². The van der Waals surface area contributed by atoms with Gasteiger partial charge in [0.2, 0.25) is 0 Å². The molecule has 1 unspecified atom stereocenters. The number of alkyl halides is 3. The van der Waals surface area contributed by atoms with Crippen molar-refractivity contribution in [1.82, 2.24) is 10.6 Å². The number of anilines is 1. The van der Waals surface area contributed by atoms with E-state index in [4.69, 9.17) is 0 Å². The van der Waals surface area contributed by atoms with Crippen molar-refractivity contribution in [2.24, 2.45) is 0 Å². The molecule has 0 fully saturated rings. The highest BCUT2D eigenvalue weighted by atomic mass is 19.4. The van der Waals surface area contributed by atoms with Gasteiger partial charge < -0.3 is 16.0 Å². The highest BCUT2D eigenvalue weighted by molar-refractivity contribution is 5.89. The van der Waals surface area contributed by atoms with Crippen molar-refractivity contribution < 1.29 is 18.0 Å². The van der Waals surface area contributed by atoms with Gasteiger partial charge in [-0.1, -0.05) is 12.1 Å². The second kappa shape index (κ2) is 7.87. The van der Waals surface area contributed by atoms with E-state index >= 15 is 0 Å². The smallest absolute Gasteiger partial charge is 0.338 e. The fourth-order valence-corrected chi connectivity index (χ4v) is 1.69. The van der Waals surface area contributed by atoms with Gasteiger partial charge in [-0.15, -0.1) is 0 Å². The molecule has 0 heterocycles. The van der Waals surface area contributed by atoms with E-state index in [9.17, 15) is 18.0 Å². The molecular formula is C14H20F3N3O. The molecule has 1 aromatic rings. The third-order valence-electron chi connectivity index (χ3n) is 3.02. The van der Waals surface area contributed by atoms with Crippen molar-refractivity contribution in [2.75, 3.05) is 18.9 Å². The number of nitrogens with one attached hydrogen (secondary N) is 3. The van der Waals surface area contributed by atoms with Crippen LogP contribution >= 0.6 is 0 Å². The van der Waals surface area contributed by atoms with E-state index in [1.165, 1.54) is 0 Å². The maximum atomic E-state index is 11.9. The van der Waals surface area contributed by atoms with Crippen LogP contribution < -0.4 is 16.0 Å². The zero-order chi connectivity index (χ0) is 15.9. The Balaban J connectivity index is 2.34. The molecule has 0 saturated heterocycles. The van der Waals surface area contributed by atoms with Gasteiger partial charge in [-0.25, -0.2) is 4.79 Å². The second-order valence-corrected chi connectivity index (χ2v) is 4.73. The number of halogens is 3. The molecule has 118 valence electrons. The Hall–Kier alpha value is -1.76. The minimum Gasteiger partial charge on any atom is -0.338 e. The Bertz CT molecular complexity index is 446. The molecule has 4 nitrogen and oxygen atoms in total. The molecule has 1 atom stereocenters. The van der Waals surface area contributed by atoms with Crippen molar-refractivity contribution >= 4 is 11.7 Å². The summed E-state index contributed by atoms with van der Waals surface area (Å²) >= 11 is 0. The van der Waals surface area contributed by atoms with Gasteiger partial charge in [0, 0.05) is 24.7 Å². The summed E-state index contributed by atoms with van der Waals surface area (Å²) in [6.45, 7) is 2.00. The highest BCUT2D eigenvalue weighted by Gasteiger charge is 2.25. The summed E-state index contributed by atoms with van der Waals surface area (Å²) in [4.78, 5) is 11.5. The van der Waals surface area contributed by atoms with Crippen molar-refractivity contribution in [3.63, 3.8) is 0 Å². The van der Waals surface area contributed by atoms with Crippen LogP contribution in [0.2, 0.25) is 0 Å². The molecular weight excluding hydrogens is 283 g/mol. The van der Waals surface area contributed by atoms with Crippen LogP contribution in [0.3, 0.4) is 0 Å². The monoisotopic (exact) mass is 303 g/mol. The summed E-state index contributed by atoms with van der Waals surface area (Å²) in [5.74, 6) is 0. The first kappa shape index (κ1) is 17.3. The topological polar surface area (TPSA) is 53.2 Å². The molecule has 0 aliphatic carbocycles. The zero-order valence-corrected chi connectivity index (χ0v) is 12.1. The standard InChI is InChI=1S/C14H20F3N3O/c1-10(18-2)11-4-6-12(7-5-11)20-13(21)19-9-3-8-14(15,16)17/h4-7,10,18H,3,8-9H2,1-2H3,(H2,19,20,21). The van der Waals surface area contributed by atoms with Crippen molar-refractivity contribution in [2.45, 2.75) is 32.0 Å². The Morgan fingerprint density at radius 2 is 1.86 bits per heavy atom. The number of urea groups is 1. The number of carbonyl (C=O) groups is 1. The quantitative estimate of drug-likeness (QED) is 0.705. The number of carbonyl (C=O) groups excluding carboxylic acids is 1. The van der Waals surface area contributed by atoms with Gasteiger partial charge >= 0.3 is 12.2 Å². The fraction of sp³-hybridized carbons (Fsp3) is 0.500. The lowest BCUT2D eigenvalue weighted by Crippen LogP contribution is -2.30. The van der Waals surface area contributed by atoms with Gasteiger partial charge in [0.05, 0.1) is 0 Å². The average molecular weight is 303 g/mol. The third-order valence-corrected chi connectivity index (χ3v) is 3.02. The number of rotatable bonds is 6. The van der Waals surface area contributed by atoms with Crippen molar-refractivity contribution in [3.05, 3.63) is 29.8 Å². The second-order valence-electron chi connectivity index (χ2n) is 4.73. The lowest BCUT2D eigenvalue weighted by atomic mass is 10.1. The molecule has 3 N–H and O–H groups in total. The molecule has 2 amide bonds. The summed E-state index contributed by atoms with van der Waals surface area (Å²) in [5, 5.41) is 8.06. The largest absolute Gasteiger partial charge is 0.389 e. The molecule has 0 aromatic heterocycles. The molecule has 0 bridgehead atoms. The lowest BCUT2D eigenvalue weighted by Gasteiger charge is -2.12. The first-order valence-electron chi connectivity index (χ1n) is 6.70. The van der Waals surface area contributed by atoms with Gasteiger partial charge in [-0.2, -0.15) is 13.2 Å². The zero-order valence-electron chi connectivity index (χ0n) is 12.1. The first-order chi connectivity index (χ1) is 9.81. The molecule has 0 aliphatic heterocycles. The van der Waals surface area contributed by atoms with Gasteiger partial charge in [0.15, 0.2) is 0 Å². The first-order valence-corrected chi connectivity index (χ1v) is 6.70. The van der Waals surface area contributed by atoms with E-state index in [0.29, 0.717) is 5.69 Å². The van der Waals surface area contributed by atoms with Crippen molar-refractivity contribution in [1.29, 1.82) is 0 Å². The van der Waals surface area contributed by atoms with Crippen LogP contribution in [-0.2, 0) is 0 Å². The van der Waals surface area contributed by atoms with Crippen LogP contribution in [0.5, 0.6) is 0 Å². The van der Waals surface area contributed by atoms with Crippen molar-refractivity contribution in [3.8, 4) is 0 Å². The molecule has 0 aliphatic rings. The summed E-state index contributed by atoms with van der Waals surface area (Å²) < 4.78 is 35.8. The van der Waals surface area contributed by atoms with E-state index < -0.39 is 18.6 Å². The van der Waals surface area contributed by atoms with Gasteiger partial charge in [0.1, 0.15) is 0 Å². The molecule has 0 radical (unpaired) electrons. The number of hydrogen-bond donors (Lipinski definition) is 3. The number of benzene rings is 1. The van der Waals surface area contributed by atoms with Crippen LogP contribution in [0.25, 0.3) is 0 Å². The van der Waals surface area contributed by atoms with Gasteiger partial charge in [-0.3, -0.25) is 0 Å². The predicted molar refractivity (Wildman–Crippen MR) is 76.2 cm³/mol. The van der Waals surface area contributed by atoms with Gasteiger partial charge in [0.25, 0.3) is 0 Å². The summed E-state index contributed by atoms with van der Waals surface area (Å²) in [5.41, 5.74) is 1.67. The van der Waals surface area contributed by atoms with Crippen LogP contribution in [0.15, 0.2) is 24.3 Å². The maximum absolute atomic E-state index is 11.9. The lowest BCUT2D eigenvalue weighted by molar-refractivity contribution is -0.135. The Morgan fingerprint density at radius 1 is 1.24 bits per heavy atom. The third kappa shape index (κ3) is 6.99. The van der Waals surface area contributed by atoms with Crippen LogP contribution in [0.1, 0.15) is 31.4 Å². The van der Waals surface area contributed by atoms with Crippen LogP contribution in [0, 0.1) is 0 Å². The SMILES string of the molecule is CNC(C)c1ccc(NC(=O)NCCCC(F)(F)F)cc1. The summed E-state index contributed by atoms with van der Waals surface area (Å²) in [6, 6.07) is 6.94. The minimum absolute atomic E-state index is 0.0137. The van der Waals surface area contributed by atoms with E-state index in [2.05, 4.69) is 16.0 Å². The molecule has 7 heteroatoms. The van der Waals surface area contributed by atoms with E-state index in [0.717, 1.165) is 5.56 Å². The average Bonchev–Trinajstić information content (AvgIpc) is 2.42.